The molecule has 5 heteroatoms. The first-order chi connectivity index (χ1) is 7.04. The standard InChI is InChI=1S/C10H13N3O2/c1-4-8(3)12-10-5-7(2)9(6-11-10)13(14)15/h4-6,8H,1H2,2-3H3,(H,11,12). The number of rotatable bonds is 4. The van der Waals surface area contributed by atoms with Crippen molar-refractivity contribution in [2.75, 3.05) is 5.32 Å². The van der Waals surface area contributed by atoms with Crippen LogP contribution in [-0.2, 0) is 0 Å². The molecule has 15 heavy (non-hydrogen) atoms. The fourth-order valence-electron chi connectivity index (χ4n) is 1.11. The average Bonchev–Trinajstić information content (AvgIpc) is 2.17. The monoisotopic (exact) mass is 207 g/mol. The van der Waals surface area contributed by atoms with Crippen molar-refractivity contribution in [2.24, 2.45) is 0 Å². The summed E-state index contributed by atoms with van der Waals surface area (Å²) in [7, 11) is 0. The number of aryl methyl sites for hydroxylation is 1. The van der Waals surface area contributed by atoms with Gasteiger partial charge in [0.15, 0.2) is 0 Å². The van der Waals surface area contributed by atoms with Gasteiger partial charge in [-0.05, 0) is 19.9 Å². The van der Waals surface area contributed by atoms with Gasteiger partial charge in [0.1, 0.15) is 12.0 Å². The molecule has 0 spiro atoms. The van der Waals surface area contributed by atoms with Crippen LogP contribution in [0.25, 0.3) is 0 Å². The van der Waals surface area contributed by atoms with Crippen molar-refractivity contribution in [3.05, 3.63) is 40.6 Å². The van der Waals surface area contributed by atoms with Crippen molar-refractivity contribution in [3.8, 4) is 0 Å². The van der Waals surface area contributed by atoms with Crippen molar-refractivity contribution >= 4 is 11.5 Å². The summed E-state index contributed by atoms with van der Waals surface area (Å²) in [5.41, 5.74) is 0.626. The number of hydrogen-bond acceptors (Lipinski definition) is 4. The van der Waals surface area contributed by atoms with Gasteiger partial charge in [-0.2, -0.15) is 0 Å². The van der Waals surface area contributed by atoms with Crippen LogP contribution in [0.1, 0.15) is 12.5 Å². The highest BCUT2D eigenvalue weighted by Gasteiger charge is 2.11. The molecule has 0 aliphatic carbocycles. The van der Waals surface area contributed by atoms with E-state index in [2.05, 4.69) is 16.9 Å². The Bertz CT molecular complexity index is 390. The Morgan fingerprint density at radius 1 is 1.73 bits per heavy atom. The number of anilines is 1. The minimum atomic E-state index is -0.441. The van der Waals surface area contributed by atoms with Crippen LogP contribution < -0.4 is 5.32 Å². The molecule has 1 N–H and O–H groups in total. The Hall–Kier alpha value is -1.91. The summed E-state index contributed by atoms with van der Waals surface area (Å²) >= 11 is 0. The minimum Gasteiger partial charge on any atom is -0.364 e. The highest BCUT2D eigenvalue weighted by atomic mass is 16.6. The van der Waals surface area contributed by atoms with Gasteiger partial charge in [-0.25, -0.2) is 4.98 Å². The van der Waals surface area contributed by atoms with E-state index >= 15 is 0 Å². The van der Waals surface area contributed by atoms with E-state index in [1.807, 2.05) is 6.92 Å². The van der Waals surface area contributed by atoms with E-state index in [1.165, 1.54) is 6.20 Å². The van der Waals surface area contributed by atoms with E-state index in [1.54, 1.807) is 19.1 Å². The van der Waals surface area contributed by atoms with Gasteiger partial charge in [0.25, 0.3) is 5.69 Å². The van der Waals surface area contributed by atoms with Crippen molar-refractivity contribution in [2.45, 2.75) is 19.9 Å². The van der Waals surface area contributed by atoms with Crippen molar-refractivity contribution < 1.29 is 4.92 Å². The Balaban J connectivity index is 2.91. The van der Waals surface area contributed by atoms with Crippen LogP contribution in [-0.4, -0.2) is 15.9 Å². The predicted molar refractivity (Wildman–Crippen MR) is 58.9 cm³/mol. The Kier molecular flexibility index (Phi) is 3.38. The van der Waals surface area contributed by atoms with Gasteiger partial charge in [-0.3, -0.25) is 10.1 Å². The lowest BCUT2D eigenvalue weighted by atomic mass is 10.2. The van der Waals surface area contributed by atoms with Crippen LogP contribution in [0.4, 0.5) is 11.5 Å². The smallest absolute Gasteiger partial charge is 0.290 e. The summed E-state index contributed by atoms with van der Waals surface area (Å²) in [6.45, 7) is 7.23. The van der Waals surface area contributed by atoms with E-state index < -0.39 is 4.92 Å². The first-order valence-corrected chi connectivity index (χ1v) is 4.54. The fourth-order valence-corrected chi connectivity index (χ4v) is 1.11. The maximum absolute atomic E-state index is 10.5. The maximum atomic E-state index is 10.5. The summed E-state index contributed by atoms with van der Waals surface area (Å²) in [5.74, 6) is 0.616. The molecule has 80 valence electrons. The van der Waals surface area contributed by atoms with Gasteiger partial charge in [0.05, 0.1) is 4.92 Å². The second-order valence-electron chi connectivity index (χ2n) is 3.28. The highest BCUT2D eigenvalue weighted by molar-refractivity contribution is 5.47. The summed E-state index contributed by atoms with van der Waals surface area (Å²) in [6, 6.07) is 1.73. The van der Waals surface area contributed by atoms with E-state index in [0.717, 1.165) is 0 Å². The fraction of sp³-hybridized carbons (Fsp3) is 0.300. The van der Waals surface area contributed by atoms with Crippen LogP contribution in [0, 0.1) is 17.0 Å². The lowest BCUT2D eigenvalue weighted by Crippen LogP contribution is -2.12. The largest absolute Gasteiger partial charge is 0.364 e. The second kappa shape index (κ2) is 4.54. The van der Waals surface area contributed by atoms with Gasteiger partial charge < -0.3 is 5.32 Å². The molecule has 0 aliphatic rings. The van der Waals surface area contributed by atoms with E-state index in [-0.39, 0.29) is 11.7 Å². The average molecular weight is 207 g/mol. The molecule has 0 amide bonds. The van der Waals surface area contributed by atoms with Crippen LogP contribution in [0.15, 0.2) is 24.9 Å². The number of pyridine rings is 1. The molecule has 1 aromatic rings. The molecule has 1 heterocycles. The zero-order valence-electron chi connectivity index (χ0n) is 8.73. The van der Waals surface area contributed by atoms with E-state index in [9.17, 15) is 10.1 Å². The summed E-state index contributed by atoms with van der Waals surface area (Å²) in [6.07, 6.45) is 2.99. The number of nitrogens with one attached hydrogen (secondary N) is 1. The molecular formula is C10H13N3O2. The third kappa shape index (κ3) is 2.77. The number of nitrogens with zero attached hydrogens (tertiary/aromatic N) is 2. The molecule has 1 unspecified atom stereocenters. The topological polar surface area (TPSA) is 68.1 Å². The Morgan fingerprint density at radius 3 is 2.87 bits per heavy atom. The number of nitro groups is 1. The van der Waals surface area contributed by atoms with Gasteiger partial charge >= 0.3 is 0 Å². The highest BCUT2D eigenvalue weighted by Crippen LogP contribution is 2.19. The zero-order valence-corrected chi connectivity index (χ0v) is 8.73. The summed E-state index contributed by atoms with van der Waals surface area (Å²) in [4.78, 5) is 14.0. The van der Waals surface area contributed by atoms with Gasteiger partial charge in [-0.15, -0.1) is 6.58 Å². The molecule has 0 aromatic carbocycles. The quantitative estimate of drug-likeness (QED) is 0.467. The Labute approximate surface area is 88.0 Å². The molecule has 1 aromatic heterocycles. The molecule has 0 aliphatic heterocycles. The second-order valence-corrected chi connectivity index (χ2v) is 3.28. The molecule has 0 radical (unpaired) electrons. The Morgan fingerprint density at radius 2 is 2.40 bits per heavy atom. The van der Waals surface area contributed by atoms with Gasteiger partial charge in [0.2, 0.25) is 0 Å². The number of aromatic nitrogens is 1. The zero-order chi connectivity index (χ0) is 11.4. The first-order valence-electron chi connectivity index (χ1n) is 4.54. The van der Waals surface area contributed by atoms with Crippen LogP contribution >= 0.6 is 0 Å². The third-order valence-electron chi connectivity index (χ3n) is 2.01. The van der Waals surface area contributed by atoms with Gasteiger partial charge in [0, 0.05) is 11.6 Å². The summed E-state index contributed by atoms with van der Waals surface area (Å²) in [5, 5.41) is 13.6. The normalized spacial score (nSPS) is 11.9. The molecule has 1 rings (SSSR count). The van der Waals surface area contributed by atoms with E-state index in [0.29, 0.717) is 11.4 Å². The molecular weight excluding hydrogens is 194 g/mol. The minimum absolute atomic E-state index is 0.0341. The lowest BCUT2D eigenvalue weighted by molar-refractivity contribution is -0.385. The van der Waals surface area contributed by atoms with Crippen molar-refractivity contribution in [3.63, 3.8) is 0 Å². The molecule has 0 saturated carbocycles. The maximum Gasteiger partial charge on any atom is 0.290 e. The molecule has 5 nitrogen and oxygen atoms in total. The van der Waals surface area contributed by atoms with Gasteiger partial charge in [-0.1, -0.05) is 6.08 Å². The molecule has 1 atom stereocenters. The van der Waals surface area contributed by atoms with Crippen molar-refractivity contribution in [1.29, 1.82) is 0 Å². The molecule has 0 bridgehead atoms. The van der Waals surface area contributed by atoms with Crippen molar-refractivity contribution in [1.82, 2.24) is 4.98 Å². The van der Waals surface area contributed by atoms with E-state index in [4.69, 9.17) is 0 Å². The lowest BCUT2D eigenvalue weighted by Gasteiger charge is -2.09. The number of hydrogen-bond donors (Lipinski definition) is 1. The van der Waals surface area contributed by atoms with Crippen LogP contribution in [0.2, 0.25) is 0 Å². The third-order valence-corrected chi connectivity index (χ3v) is 2.01. The van der Waals surface area contributed by atoms with Crippen LogP contribution in [0.5, 0.6) is 0 Å². The first kappa shape index (κ1) is 11.2. The summed E-state index contributed by atoms with van der Waals surface area (Å²) < 4.78 is 0. The predicted octanol–water partition coefficient (Wildman–Crippen LogP) is 2.28. The molecule has 0 fully saturated rings. The SMILES string of the molecule is C=CC(C)Nc1cc(C)c([N+](=O)[O-])cn1. The van der Waals surface area contributed by atoms with Crippen LogP contribution in [0.3, 0.4) is 0 Å². The molecule has 0 saturated heterocycles.